The molecule has 1 aliphatic rings. The van der Waals surface area contributed by atoms with E-state index >= 15 is 0 Å². The number of aliphatic hydroxyl groups excluding tert-OH is 1. The smallest absolute Gasteiger partial charge is 0.225 e. The van der Waals surface area contributed by atoms with Crippen LogP contribution < -0.4 is 0 Å². The van der Waals surface area contributed by atoms with E-state index in [1.165, 1.54) is 4.90 Å². The van der Waals surface area contributed by atoms with Gasteiger partial charge < -0.3 is 10.0 Å². The van der Waals surface area contributed by atoms with E-state index in [9.17, 15) is 13.2 Å². The molecule has 1 aliphatic heterocycles. The van der Waals surface area contributed by atoms with Gasteiger partial charge >= 0.3 is 0 Å². The molecule has 76 valence electrons. The molecule has 1 heterocycles. The second-order valence-electron chi connectivity index (χ2n) is 3.33. The predicted octanol–water partition coefficient (Wildman–Crippen LogP) is -1.38. The van der Waals surface area contributed by atoms with Crippen LogP contribution in [-0.4, -0.2) is 55.5 Å². The second kappa shape index (κ2) is 3.63. The lowest BCUT2D eigenvalue weighted by Gasteiger charge is -2.14. The van der Waals surface area contributed by atoms with Crippen molar-refractivity contribution in [3.05, 3.63) is 0 Å². The zero-order valence-corrected chi connectivity index (χ0v) is 8.25. The molecule has 0 bridgehead atoms. The molecule has 5 nitrogen and oxygen atoms in total. The Morgan fingerprint density at radius 2 is 2.23 bits per heavy atom. The zero-order chi connectivity index (χ0) is 10.1. The summed E-state index contributed by atoms with van der Waals surface area (Å²) in [5, 5.41) is 9.09. The summed E-state index contributed by atoms with van der Waals surface area (Å²) >= 11 is 0. The summed E-state index contributed by atoms with van der Waals surface area (Å²) in [6.07, 6.45) is 0.611. The van der Waals surface area contributed by atoms with Gasteiger partial charge in [-0.3, -0.25) is 4.79 Å². The number of sulfone groups is 1. The second-order valence-corrected chi connectivity index (χ2v) is 5.59. The van der Waals surface area contributed by atoms with Gasteiger partial charge in [-0.15, -0.1) is 0 Å². The molecule has 1 saturated heterocycles. The van der Waals surface area contributed by atoms with Gasteiger partial charge in [-0.05, 0) is 0 Å². The lowest BCUT2D eigenvalue weighted by molar-refractivity contribution is -0.127. The number of β-amino-alcohol motifs (C(OH)–C–C–N with tert-alkyl or cyclic N) is 1. The first-order chi connectivity index (χ1) is 5.88. The number of carbonyl (C=O) groups excluding carboxylic acids is 1. The third-order valence-corrected chi connectivity index (χ3v) is 2.85. The molecule has 6 heteroatoms. The largest absolute Gasteiger partial charge is 0.391 e. The Balaban J connectivity index is 2.43. The summed E-state index contributed by atoms with van der Waals surface area (Å²) in [5.41, 5.74) is 0. The van der Waals surface area contributed by atoms with E-state index in [1.54, 1.807) is 0 Å². The molecule has 0 aromatic heterocycles. The van der Waals surface area contributed by atoms with E-state index in [4.69, 9.17) is 5.11 Å². The summed E-state index contributed by atoms with van der Waals surface area (Å²) < 4.78 is 21.6. The topological polar surface area (TPSA) is 74.7 Å². The van der Waals surface area contributed by atoms with Gasteiger partial charge in [0.2, 0.25) is 5.91 Å². The molecule has 0 radical (unpaired) electrons. The van der Waals surface area contributed by atoms with Gasteiger partial charge in [0.05, 0.1) is 18.3 Å². The highest BCUT2D eigenvalue weighted by atomic mass is 32.2. The minimum atomic E-state index is -3.03. The van der Waals surface area contributed by atoms with E-state index in [1.807, 2.05) is 0 Å². The molecule has 1 atom stereocenters. The average molecular weight is 207 g/mol. The highest BCUT2D eigenvalue weighted by Crippen LogP contribution is 2.10. The van der Waals surface area contributed by atoms with E-state index in [0.717, 1.165) is 6.26 Å². The number of nitrogens with zero attached hydrogens (tertiary/aromatic N) is 1. The summed E-state index contributed by atoms with van der Waals surface area (Å²) in [4.78, 5) is 12.5. The van der Waals surface area contributed by atoms with Crippen LogP contribution in [-0.2, 0) is 14.6 Å². The van der Waals surface area contributed by atoms with E-state index < -0.39 is 15.9 Å². The number of amides is 1. The standard InChI is InChI=1S/C7H13NO4S/c1-13(11,12)3-2-8-5-6(9)4-7(8)10/h6,9H,2-5H2,1H3. The molecule has 0 aromatic carbocycles. The Bertz CT molecular complexity index is 298. The molecule has 1 fully saturated rings. The van der Waals surface area contributed by atoms with Gasteiger partial charge in [0.25, 0.3) is 0 Å². The monoisotopic (exact) mass is 207 g/mol. The molecule has 1 N–H and O–H groups in total. The van der Waals surface area contributed by atoms with Crippen LogP contribution in [0.4, 0.5) is 0 Å². The van der Waals surface area contributed by atoms with Crippen LogP contribution in [0.5, 0.6) is 0 Å². The number of hydrogen-bond donors (Lipinski definition) is 1. The van der Waals surface area contributed by atoms with Crippen molar-refractivity contribution in [3.8, 4) is 0 Å². The van der Waals surface area contributed by atoms with Crippen molar-refractivity contribution in [2.75, 3.05) is 25.1 Å². The Morgan fingerprint density at radius 1 is 1.62 bits per heavy atom. The van der Waals surface area contributed by atoms with Crippen LogP contribution in [0.25, 0.3) is 0 Å². The zero-order valence-electron chi connectivity index (χ0n) is 7.43. The molecule has 0 aliphatic carbocycles. The van der Waals surface area contributed by atoms with Gasteiger partial charge in [-0.1, -0.05) is 0 Å². The lowest BCUT2D eigenvalue weighted by Crippen LogP contribution is -2.30. The molecule has 1 rings (SSSR count). The van der Waals surface area contributed by atoms with Crippen LogP contribution in [0.1, 0.15) is 6.42 Å². The van der Waals surface area contributed by atoms with Crippen LogP contribution in [0.3, 0.4) is 0 Å². The Morgan fingerprint density at radius 3 is 2.62 bits per heavy atom. The number of rotatable bonds is 3. The minimum absolute atomic E-state index is 0.0363. The number of likely N-dealkylation sites (tertiary alicyclic amines) is 1. The van der Waals surface area contributed by atoms with Crippen LogP contribution in [0.2, 0.25) is 0 Å². The maximum atomic E-state index is 11.1. The van der Waals surface area contributed by atoms with Crippen molar-refractivity contribution in [2.24, 2.45) is 0 Å². The van der Waals surface area contributed by atoms with Crippen molar-refractivity contribution >= 4 is 15.7 Å². The summed E-state index contributed by atoms with van der Waals surface area (Å²) in [7, 11) is -3.03. The van der Waals surface area contributed by atoms with Gasteiger partial charge in [0.15, 0.2) is 0 Å². The third kappa shape index (κ3) is 3.31. The van der Waals surface area contributed by atoms with Crippen molar-refractivity contribution in [3.63, 3.8) is 0 Å². The third-order valence-electron chi connectivity index (χ3n) is 1.93. The number of carbonyl (C=O) groups is 1. The Kier molecular flexibility index (Phi) is 2.92. The normalized spacial score (nSPS) is 24.0. The van der Waals surface area contributed by atoms with E-state index in [0.29, 0.717) is 0 Å². The number of aliphatic hydroxyl groups is 1. The molecular weight excluding hydrogens is 194 g/mol. The molecule has 0 saturated carbocycles. The summed E-state index contributed by atoms with van der Waals surface area (Å²) in [6.45, 7) is 0.448. The van der Waals surface area contributed by atoms with E-state index in [2.05, 4.69) is 0 Å². The fourth-order valence-corrected chi connectivity index (χ4v) is 1.80. The van der Waals surface area contributed by atoms with Crippen LogP contribution in [0, 0.1) is 0 Å². The van der Waals surface area contributed by atoms with Gasteiger partial charge in [-0.25, -0.2) is 8.42 Å². The quantitative estimate of drug-likeness (QED) is 0.619. The number of hydrogen-bond acceptors (Lipinski definition) is 4. The molecule has 0 aromatic rings. The maximum absolute atomic E-state index is 11.1. The van der Waals surface area contributed by atoms with Crippen molar-refractivity contribution < 1.29 is 18.3 Å². The molecule has 1 amide bonds. The maximum Gasteiger partial charge on any atom is 0.225 e. The Labute approximate surface area is 77.3 Å². The minimum Gasteiger partial charge on any atom is -0.391 e. The molecule has 1 unspecified atom stereocenters. The first-order valence-electron chi connectivity index (χ1n) is 4.02. The fraction of sp³-hybridized carbons (Fsp3) is 0.857. The van der Waals surface area contributed by atoms with Gasteiger partial charge in [0, 0.05) is 19.3 Å². The average Bonchev–Trinajstić information content (AvgIpc) is 2.24. The van der Waals surface area contributed by atoms with Gasteiger partial charge in [0.1, 0.15) is 9.84 Å². The van der Waals surface area contributed by atoms with Crippen molar-refractivity contribution in [1.82, 2.24) is 4.90 Å². The molecule has 13 heavy (non-hydrogen) atoms. The molecule has 0 spiro atoms. The van der Waals surface area contributed by atoms with Crippen LogP contribution in [0.15, 0.2) is 0 Å². The fourth-order valence-electron chi connectivity index (χ4n) is 1.24. The first kappa shape index (κ1) is 10.5. The Hall–Kier alpha value is -0.620. The van der Waals surface area contributed by atoms with Crippen molar-refractivity contribution in [1.29, 1.82) is 0 Å². The molecular formula is C7H13NO4S. The summed E-state index contributed by atoms with van der Waals surface area (Å²) in [5.74, 6) is -0.206. The predicted molar refractivity (Wildman–Crippen MR) is 46.9 cm³/mol. The summed E-state index contributed by atoms with van der Waals surface area (Å²) in [6, 6.07) is 0. The van der Waals surface area contributed by atoms with Gasteiger partial charge in [-0.2, -0.15) is 0 Å². The highest BCUT2D eigenvalue weighted by Gasteiger charge is 2.27. The van der Waals surface area contributed by atoms with E-state index in [-0.39, 0.29) is 31.2 Å². The first-order valence-corrected chi connectivity index (χ1v) is 6.08. The van der Waals surface area contributed by atoms with Crippen molar-refractivity contribution in [2.45, 2.75) is 12.5 Å². The highest BCUT2D eigenvalue weighted by molar-refractivity contribution is 7.90. The lowest BCUT2D eigenvalue weighted by atomic mass is 10.3. The van der Waals surface area contributed by atoms with Crippen LogP contribution >= 0.6 is 0 Å². The SMILES string of the molecule is CS(=O)(=O)CCN1CC(O)CC1=O.